The average Bonchev–Trinajstić information content (AvgIpc) is 2.98. The van der Waals surface area contributed by atoms with Crippen LogP contribution in [-0.2, 0) is 6.54 Å². The van der Waals surface area contributed by atoms with Crippen molar-refractivity contribution >= 4 is 22.5 Å². The van der Waals surface area contributed by atoms with Gasteiger partial charge in [-0.25, -0.2) is 0 Å². The first-order valence-corrected chi connectivity index (χ1v) is 6.59. The maximum absolute atomic E-state index is 6.16. The molecule has 19 heavy (non-hydrogen) atoms. The lowest BCUT2D eigenvalue weighted by Crippen LogP contribution is -2.00. The molecule has 0 aliphatic carbocycles. The molecule has 0 spiro atoms. The second kappa shape index (κ2) is 4.70. The molecular weight excluding hydrogens is 262 g/mol. The molecule has 0 aliphatic rings. The fraction of sp³-hybridized carbons (Fsp3) is 0.286. The second-order valence-electron chi connectivity index (χ2n) is 4.82. The zero-order valence-corrected chi connectivity index (χ0v) is 11.6. The Bertz CT molecular complexity index is 714. The van der Waals surface area contributed by atoms with Gasteiger partial charge in [0.2, 0.25) is 5.89 Å². The smallest absolute Gasteiger partial charge is 0.229 e. The number of rotatable bonds is 3. The average molecular weight is 276 g/mol. The summed E-state index contributed by atoms with van der Waals surface area (Å²) in [6.07, 6.45) is 1.99. The van der Waals surface area contributed by atoms with Crippen LogP contribution in [0.4, 0.5) is 0 Å². The normalized spacial score (nSPS) is 11.6. The van der Waals surface area contributed by atoms with Crippen molar-refractivity contribution < 1.29 is 4.52 Å². The first kappa shape index (κ1) is 12.2. The van der Waals surface area contributed by atoms with Gasteiger partial charge in [-0.1, -0.05) is 36.7 Å². The van der Waals surface area contributed by atoms with Gasteiger partial charge < -0.3 is 9.09 Å². The summed E-state index contributed by atoms with van der Waals surface area (Å²) in [4.78, 5) is 4.38. The van der Waals surface area contributed by atoms with Crippen molar-refractivity contribution in [2.24, 2.45) is 0 Å². The monoisotopic (exact) mass is 275 g/mol. The lowest BCUT2D eigenvalue weighted by molar-refractivity contribution is 0.360. The summed E-state index contributed by atoms with van der Waals surface area (Å²) < 4.78 is 7.28. The van der Waals surface area contributed by atoms with Crippen molar-refractivity contribution in [2.75, 3.05) is 0 Å². The van der Waals surface area contributed by atoms with E-state index in [-0.39, 0.29) is 5.92 Å². The van der Waals surface area contributed by atoms with E-state index in [1.165, 1.54) is 0 Å². The van der Waals surface area contributed by atoms with Crippen molar-refractivity contribution in [3.63, 3.8) is 0 Å². The van der Waals surface area contributed by atoms with Crippen LogP contribution in [0.2, 0.25) is 5.02 Å². The first-order chi connectivity index (χ1) is 9.15. The topological polar surface area (TPSA) is 43.9 Å². The summed E-state index contributed by atoms with van der Waals surface area (Å²) in [5.41, 5.74) is 1.07. The summed E-state index contributed by atoms with van der Waals surface area (Å²) in [5.74, 6) is 1.60. The summed E-state index contributed by atoms with van der Waals surface area (Å²) in [7, 11) is 0. The lowest BCUT2D eigenvalue weighted by Gasteiger charge is -2.01. The number of fused-ring (bicyclic) bond motifs is 1. The van der Waals surface area contributed by atoms with Crippen molar-refractivity contribution in [3.8, 4) is 0 Å². The van der Waals surface area contributed by atoms with Gasteiger partial charge in [-0.3, -0.25) is 0 Å². The molecule has 2 aromatic heterocycles. The van der Waals surface area contributed by atoms with Gasteiger partial charge in [-0.2, -0.15) is 4.98 Å². The molecule has 5 heteroatoms. The molecule has 0 amide bonds. The molecule has 0 unspecified atom stereocenters. The van der Waals surface area contributed by atoms with Crippen molar-refractivity contribution in [2.45, 2.75) is 26.3 Å². The minimum atomic E-state index is 0.247. The number of nitrogens with zero attached hydrogens (tertiary/aromatic N) is 3. The third-order valence-electron chi connectivity index (χ3n) is 3.05. The van der Waals surface area contributed by atoms with E-state index in [0.717, 1.165) is 15.9 Å². The molecule has 0 radical (unpaired) electrons. The quantitative estimate of drug-likeness (QED) is 0.729. The van der Waals surface area contributed by atoms with Gasteiger partial charge in [-0.15, -0.1) is 0 Å². The fourth-order valence-electron chi connectivity index (χ4n) is 2.04. The van der Waals surface area contributed by atoms with Gasteiger partial charge in [-0.05, 0) is 18.2 Å². The first-order valence-electron chi connectivity index (χ1n) is 6.21. The third kappa shape index (κ3) is 2.24. The molecule has 0 N–H and O–H groups in total. The SMILES string of the molecule is CC(C)c1nc(Cn2ccc3c(Cl)cccc32)no1. The molecule has 0 fully saturated rings. The molecule has 98 valence electrons. The Morgan fingerprint density at radius 3 is 2.89 bits per heavy atom. The Morgan fingerprint density at radius 1 is 1.32 bits per heavy atom. The van der Waals surface area contributed by atoms with Crippen LogP contribution < -0.4 is 0 Å². The van der Waals surface area contributed by atoms with Crippen molar-refractivity contribution in [3.05, 3.63) is 47.2 Å². The highest BCUT2D eigenvalue weighted by Crippen LogP contribution is 2.24. The van der Waals surface area contributed by atoms with Gasteiger partial charge in [0.25, 0.3) is 0 Å². The maximum Gasteiger partial charge on any atom is 0.229 e. The maximum atomic E-state index is 6.16. The van der Waals surface area contributed by atoms with E-state index < -0.39 is 0 Å². The van der Waals surface area contributed by atoms with E-state index in [2.05, 4.69) is 14.7 Å². The van der Waals surface area contributed by atoms with Gasteiger partial charge >= 0.3 is 0 Å². The Labute approximate surface area is 116 Å². The Hall–Kier alpha value is -1.81. The van der Waals surface area contributed by atoms with Crippen LogP contribution >= 0.6 is 11.6 Å². The number of hydrogen-bond acceptors (Lipinski definition) is 3. The molecule has 0 saturated heterocycles. The van der Waals surface area contributed by atoms with Crippen LogP contribution in [0.25, 0.3) is 10.9 Å². The van der Waals surface area contributed by atoms with E-state index in [1.54, 1.807) is 0 Å². The molecule has 2 heterocycles. The lowest BCUT2D eigenvalue weighted by atomic mass is 10.2. The number of aromatic nitrogens is 3. The summed E-state index contributed by atoms with van der Waals surface area (Å²) >= 11 is 6.16. The van der Waals surface area contributed by atoms with Gasteiger partial charge in [0.1, 0.15) is 0 Å². The molecule has 1 aromatic carbocycles. The van der Waals surface area contributed by atoms with Crippen LogP contribution in [-0.4, -0.2) is 14.7 Å². The van der Waals surface area contributed by atoms with Gasteiger partial charge in [0, 0.05) is 28.0 Å². The predicted molar refractivity (Wildman–Crippen MR) is 74.4 cm³/mol. The van der Waals surface area contributed by atoms with Crippen LogP contribution in [0.15, 0.2) is 35.0 Å². The highest BCUT2D eigenvalue weighted by molar-refractivity contribution is 6.35. The zero-order chi connectivity index (χ0) is 13.4. The highest BCUT2D eigenvalue weighted by Gasteiger charge is 2.11. The fourth-order valence-corrected chi connectivity index (χ4v) is 2.27. The van der Waals surface area contributed by atoms with Gasteiger partial charge in [0.05, 0.1) is 6.54 Å². The Morgan fingerprint density at radius 2 is 2.16 bits per heavy atom. The Kier molecular flexibility index (Phi) is 3.03. The molecule has 3 rings (SSSR count). The summed E-state index contributed by atoms with van der Waals surface area (Å²) in [6.45, 7) is 4.64. The summed E-state index contributed by atoms with van der Waals surface area (Å²) in [6, 6.07) is 7.86. The molecule has 0 saturated carbocycles. The molecular formula is C14H14ClN3O. The standard InChI is InChI=1S/C14H14ClN3O/c1-9(2)14-16-13(17-19-14)8-18-7-6-10-11(15)4-3-5-12(10)18/h3-7,9H,8H2,1-2H3. The predicted octanol–water partition coefficient (Wildman–Crippen LogP) is 3.85. The van der Waals surface area contributed by atoms with Crippen LogP contribution in [0, 0.1) is 0 Å². The zero-order valence-electron chi connectivity index (χ0n) is 10.8. The number of hydrogen-bond donors (Lipinski definition) is 0. The number of halogens is 1. The minimum absolute atomic E-state index is 0.247. The van der Waals surface area contributed by atoms with Crippen LogP contribution in [0.5, 0.6) is 0 Å². The van der Waals surface area contributed by atoms with Gasteiger partial charge in [0.15, 0.2) is 5.82 Å². The van der Waals surface area contributed by atoms with E-state index in [9.17, 15) is 0 Å². The second-order valence-corrected chi connectivity index (χ2v) is 5.23. The van der Waals surface area contributed by atoms with Crippen molar-refractivity contribution in [1.82, 2.24) is 14.7 Å². The van der Waals surface area contributed by atoms with Crippen molar-refractivity contribution in [1.29, 1.82) is 0 Å². The number of benzene rings is 1. The largest absolute Gasteiger partial charge is 0.340 e. The summed E-state index contributed by atoms with van der Waals surface area (Å²) in [5, 5.41) is 5.80. The highest BCUT2D eigenvalue weighted by atomic mass is 35.5. The van der Waals surface area contributed by atoms with E-state index in [4.69, 9.17) is 16.1 Å². The molecule has 0 aliphatic heterocycles. The minimum Gasteiger partial charge on any atom is -0.340 e. The Balaban J connectivity index is 1.94. The van der Waals surface area contributed by atoms with E-state index in [1.807, 2.05) is 44.3 Å². The van der Waals surface area contributed by atoms with Crippen LogP contribution in [0.3, 0.4) is 0 Å². The van der Waals surface area contributed by atoms with Crippen LogP contribution in [0.1, 0.15) is 31.5 Å². The van der Waals surface area contributed by atoms with E-state index in [0.29, 0.717) is 18.3 Å². The van der Waals surface area contributed by atoms with E-state index >= 15 is 0 Å². The molecule has 4 nitrogen and oxygen atoms in total. The molecule has 0 bridgehead atoms. The third-order valence-corrected chi connectivity index (χ3v) is 3.38. The molecule has 0 atom stereocenters. The molecule has 3 aromatic rings.